The van der Waals surface area contributed by atoms with Crippen molar-refractivity contribution in [2.45, 2.75) is 97.3 Å². The lowest BCUT2D eigenvalue weighted by atomic mass is 9.99. The molecule has 0 aliphatic heterocycles. The highest BCUT2D eigenvalue weighted by Gasteiger charge is 2.00. The molecule has 0 heterocycles. The Morgan fingerprint density at radius 3 is 1.67 bits per heavy atom. The van der Waals surface area contributed by atoms with Gasteiger partial charge in [0.2, 0.25) is 0 Å². The van der Waals surface area contributed by atoms with E-state index in [0.29, 0.717) is 12.3 Å². The van der Waals surface area contributed by atoms with Gasteiger partial charge in [0.25, 0.3) is 0 Å². The Balaban J connectivity index is 3.00. The molecule has 0 rings (SSSR count). The zero-order valence-corrected chi connectivity index (χ0v) is 12.7. The topological polar surface area (TPSA) is 17.1 Å². The van der Waals surface area contributed by atoms with E-state index >= 15 is 0 Å². The minimum Gasteiger partial charge on any atom is -0.291 e. The molecule has 0 fully saturated rings. The molecule has 1 nitrogen and oxygen atoms in total. The number of carbonyl (C=O) groups excluding carboxylic acids is 1. The Labute approximate surface area is 115 Å². The van der Waals surface area contributed by atoms with Gasteiger partial charge in [0.05, 0.1) is 0 Å². The van der Waals surface area contributed by atoms with E-state index in [2.05, 4.69) is 13.8 Å². The molecule has 1 radical (unpaired) electrons. The zero-order valence-electron chi connectivity index (χ0n) is 12.7. The Kier molecular flexibility index (Phi) is 14.5. The number of unbranched alkanes of at least 4 members (excludes halogenated alkanes) is 10. The predicted molar refractivity (Wildman–Crippen MR) is 80.6 cm³/mol. The molecule has 0 aliphatic carbocycles. The summed E-state index contributed by atoms with van der Waals surface area (Å²) in [6.45, 7) is 4.43. The van der Waals surface area contributed by atoms with Crippen LogP contribution >= 0.6 is 0 Å². The van der Waals surface area contributed by atoms with Crippen LogP contribution in [0.2, 0.25) is 0 Å². The summed E-state index contributed by atoms with van der Waals surface area (Å²) >= 11 is 0. The first-order valence-corrected chi connectivity index (χ1v) is 8.16. The quantitative estimate of drug-likeness (QED) is 0.356. The molecule has 0 aromatic carbocycles. The van der Waals surface area contributed by atoms with Crippen LogP contribution in [0.4, 0.5) is 0 Å². The number of hydrogen-bond acceptors (Lipinski definition) is 1. The molecule has 0 amide bonds. The third-order valence-corrected chi connectivity index (χ3v) is 3.73. The highest BCUT2D eigenvalue weighted by atomic mass is 16.1. The van der Waals surface area contributed by atoms with Gasteiger partial charge in [0, 0.05) is 6.42 Å². The van der Waals surface area contributed by atoms with Gasteiger partial charge in [-0.2, -0.15) is 0 Å². The van der Waals surface area contributed by atoms with Crippen LogP contribution in [0.5, 0.6) is 0 Å². The van der Waals surface area contributed by atoms with Crippen LogP contribution in [-0.4, -0.2) is 6.29 Å². The molecule has 1 heteroatoms. The Bertz CT molecular complexity index is 165. The monoisotopic (exact) mass is 253 g/mol. The maximum atomic E-state index is 10.2. The fourth-order valence-corrected chi connectivity index (χ4v) is 2.40. The molecule has 0 aliphatic rings. The van der Waals surface area contributed by atoms with E-state index in [1.54, 1.807) is 0 Å². The molecule has 0 spiro atoms. The lowest BCUT2D eigenvalue weighted by molar-refractivity contribution is 0.473. The summed E-state index contributed by atoms with van der Waals surface area (Å²) in [7, 11) is 0. The van der Waals surface area contributed by atoms with E-state index in [0.717, 1.165) is 0 Å². The first kappa shape index (κ1) is 17.7. The second-order valence-corrected chi connectivity index (χ2v) is 5.78. The normalized spacial score (nSPS) is 12.6. The largest absolute Gasteiger partial charge is 0.291 e. The van der Waals surface area contributed by atoms with Crippen molar-refractivity contribution in [1.29, 1.82) is 0 Å². The summed E-state index contributed by atoms with van der Waals surface area (Å²) in [6.07, 6.45) is 19.2. The van der Waals surface area contributed by atoms with Crippen molar-refractivity contribution < 1.29 is 4.79 Å². The second kappa shape index (κ2) is 14.7. The van der Waals surface area contributed by atoms with Crippen LogP contribution in [0.1, 0.15) is 97.3 Å². The molecule has 1 atom stereocenters. The summed E-state index contributed by atoms with van der Waals surface area (Å²) in [4.78, 5) is 10.2. The third-order valence-electron chi connectivity index (χ3n) is 3.73. The molecule has 0 saturated carbocycles. The van der Waals surface area contributed by atoms with Crippen LogP contribution < -0.4 is 0 Å². The fraction of sp³-hybridized carbons (Fsp3) is 0.941. The first-order valence-electron chi connectivity index (χ1n) is 8.16. The zero-order chi connectivity index (χ0) is 13.5. The highest BCUT2D eigenvalue weighted by molar-refractivity contribution is 5.50. The summed E-state index contributed by atoms with van der Waals surface area (Å²) < 4.78 is 0. The summed E-state index contributed by atoms with van der Waals surface area (Å²) in [5, 5.41) is 0. The Hall–Kier alpha value is -0.330. The molecule has 0 saturated heterocycles. The summed E-state index contributed by atoms with van der Waals surface area (Å²) in [5.74, 6) is 0.543. The van der Waals surface area contributed by atoms with Gasteiger partial charge in [0.15, 0.2) is 6.29 Å². The van der Waals surface area contributed by atoms with Crippen LogP contribution in [0.15, 0.2) is 0 Å². The van der Waals surface area contributed by atoms with Gasteiger partial charge in [-0.3, -0.25) is 4.79 Å². The van der Waals surface area contributed by atoms with Crippen LogP contribution in [0.3, 0.4) is 0 Å². The predicted octanol–water partition coefficient (Wildman–Crippen LogP) is 5.82. The highest BCUT2D eigenvalue weighted by Crippen LogP contribution is 2.15. The standard InChI is InChI=1S/C17H33O/c1-3-4-5-6-7-8-9-10-11-12-13-14-17(2)15-16-18/h17H,3-15H2,1-2H3. The summed E-state index contributed by atoms with van der Waals surface area (Å²) in [5.41, 5.74) is 0. The van der Waals surface area contributed by atoms with Crippen LogP contribution in [0, 0.1) is 5.92 Å². The van der Waals surface area contributed by atoms with Crippen molar-refractivity contribution in [2.24, 2.45) is 5.92 Å². The van der Waals surface area contributed by atoms with Gasteiger partial charge in [-0.25, -0.2) is 0 Å². The first-order chi connectivity index (χ1) is 8.81. The van der Waals surface area contributed by atoms with Gasteiger partial charge in [0.1, 0.15) is 0 Å². The van der Waals surface area contributed by atoms with Gasteiger partial charge >= 0.3 is 0 Å². The van der Waals surface area contributed by atoms with Crippen molar-refractivity contribution >= 4 is 6.29 Å². The average molecular weight is 253 g/mol. The van der Waals surface area contributed by atoms with Crippen molar-refractivity contribution in [1.82, 2.24) is 0 Å². The SMILES string of the molecule is CCCCCCCCCCCCCC(C)C[C]=O. The van der Waals surface area contributed by atoms with Gasteiger partial charge in [-0.05, 0) is 5.92 Å². The maximum absolute atomic E-state index is 10.2. The molecular formula is C17H33O. The third kappa shape index (κ3) is 13.7. The minimum absolute atomic E-state index is 0.543. The molecule has 0 aromatic rings. The van der Waals surface area contributed by atoms with E-state index in [4.69, 9.17) is 0 Å². The van der Waals surface area contributed by atoms with E-state index in [-0.39, 0.29) is 0 Å². The van der Waals surface area contributed by atoms with E-state index in [1.807, 2.05) is 6.29 Å². The lowest BCUT2D eigenvalue weighted by Crippen LogP contribution is -1.95. The average Bonchev–Trinajstić information content (AvgIpc) is 2.36. The number of rotatable bonds is 14. The van der Waals surface area contributed by atoms with Crippen LogP contribution in [0.25, 0.3) is 0 Å². The van der Waals surface area contributed by atoms with E-state index in [9.17, 15) is 4.79 Å². The van der Waals surface area contributed by atoms with E-state index < -0.39 is 0 Å². The van der Waals surface area contributed by atoms with Crippen molar-refractivity contribution in [3.05, 3.63) is 0 Å². The van der Waals surface area contributed by atoms with Crippen LogP contribution in [-0.2, 0) is 4.79 Å². The van der Waals surface area contributed by atoms with Crippen molar-refractivity contribution in [3.8, 4) is 0 Å². The smallest absolute Gasteiger partial charge is 0.198 e. The molecule has 1 unspecified atom stereocenters. The molecule has 18 heavy (non-hydrogen) atoms. The summed E-state index contributed by atoms with van der Waals surface area (Å²) in [6, 6.07) is 0. The van der Waals surface area contributed by atoms with Gasteiger partial charge < -0.3 is 0 Å². The van der Waals surface area contributed by atoms with Crippen molar-refractivity contribution in [3.63, 3.8) is 0 Å². The van der Waals surface area contributed by atoms with Gasteiger partial charge in [-0.1, -0.05) is 90.9 Å². The molecule has 0 bridgehead atoms. The maximum Gasteiger partial charge on any atom is 0.198 e. The fourth-order valence-electron chi connectivity index (χ4n) is 2.40. The van der Waals surface area contributed by atoms with Crippen molar-refractivity contribution in [2.75, 3.05) is 0 Å². The Morgan fingerprint density at radius 2 is 1.22 bits per heavy atom. The second-order valence-electron chi connectivity index (χ2n) is 5.78. The molecule has 107 valence electrons. The lowest BCUT2D eigenvalue weighted by Gasteiger charge is -2.06. The molecule has 0 aromatic heterocycles. The molecule has 0 N–H and O–H groups in total. The van der Waals surface area contributed by atoms with E-state index in [1.165, 1.54) is 77.0 Å². The Morgan fingerprint density at radius 1 is 0.778 bits per heavy atom. The minimum atomic E-state index is 0.543. The van der Waals surface area contributed by atoms with Gasteiger partial charge in [-0.15, -0.1) is 0 Å². The molecular weight excluding hydrogens is 220 g/mol. The number of hydrogen-bond donors (Lipinski definition) is 0.